The van der Waals surface area contributed by atoms with Gasteiger partial charge in [0, 0.05) is 25.0 Å². The van der Waals surface area contributed by atoms with E-state index in [1.165, 1.54) is 44.1 Å². The third kappa shape index (κ3) is 3.96. The molecule has 0 aromatic heterocycles. The summed E-state index contributed by atoms with van der Waals surface area (Å²) in [6.45, 7) is 21.9. The van der Waals surface area contributed by atoms with Gasteiger partial charge in [0.1, 0.15) is 0 Å². The second-order valence-corrected chi connectivity index (χ2v) is 17.7. The molecule has 1 aliphatic heterocycles. The quantitative estimate of drug-likeness (QED) is 0.338. The van der Waals surface area contributed by atoms with Gasteiger partial charge < -0.3 is 14.5 Å². The Kier molecular flexibility index (Phi) is 7.17. The molecule has 6 rings (SSSR count). The molecule has 1 saturated heterocycles. The average molecular weight is 581 g/mol. The van der Waals surface area contributed by atoms with Gasteiger partial charge in [-0.3, -0.25) is 4.79 Å². The van der Waals surface area contributed by atoms with E-state index >= 15 is 0 Å². The minimum absolute atomic E-state index is 0.0256. The number of carbonyl (C=O) groups excluding carboxylic acids is 2. The van der Waals surface area contributed by atoms with Crippen molar-refractivity contribution in [2.24, 2.45) is 50.7 Å². The van der Waals surface area contributed by atoms with E-state index in [2.05, 4.69) is 72.2 Å². The molecular weight excluding hydrogens is 520 g/mol. The molecule has 6 aliphatic rings. The molecular formula is C37H60N2O3. The molecule has 0 spiro atoms. The van der Waals surface area contributed by atoms with Crippen molar-refractivity contribution in [2.75, 3.05) is 27.2 Å². The first-order valence-corrected chi connectivity index (χ1v) is 17.4. The van der Waals surface area contributed by atoms with Gasteiger partial charge in [0.05, 0.1) is 7.11 Å². The average Bonchev–Trinajstić information content (AvgIpc) is 3.45. The van der Waals surface area contributed by atoms with Crippen LogP contribution in [0.4, 0.5) is 4.79 Å². The second-order valence-electron chi connectivity index (χ2n) is 17.7. The van der Waals surface area contributed by atoms with E-state index in [4.69, 9.17) is 4.74 Å². The molecule has 1 amide bonds. The van der Waals surface area contributed by atoms with Gasteiger partial charge in [-0.15, -0.1) is 0 Å². The number of Topliss-reactive ketones (excluding diaryl/α,β-unsaturated/α-hetero) is 1. The number of likely N-dealkylation sites (N-methyl/N-ethyl adjacent to an activating group) is 1. The smallest absolute Gasteiger partial charge is 0.410 e. The van der Waals surface area contributed by atoms with Crippen LogP contribution in [0.1, 0.15) is 120 Å². The van der Waals surface area contributed by atoms with Crippen molar-refractivity contribution in [2.45, 2.75) is 132 Å². The molecule has 0 N–H and O–H groups in total. The number of ether oxygens (including phenoxy) is 1. The highest BCUT2D eigenvalue weighted by Crippen LogP contribution is 2.76. The molecule has 42 heavy (non-hydrogen) atoms. The zero-order valence-electron chi connectivity index (χ0n) is 28.6. The van der Waals surface area contributed by atoms with Crippen LogP contribution < -0.4 is 0 Å². The van der Waals surface area contributed by atoms with Crippen LogP contribution in [0.25, 0.3) is 0 Å². The molecule has 0 radical (unpaired) electrons. The van der Waals surface area contributed by atoms with Crippen molar-refractivity contribution >= 4 is 11.9 Å². The summed E-state index contributed by atoms with van der Waals surface area (Å²) in [4.78, 5) is 31.3. The SMILES string of the molecule is COC(=O)N(C1CCN(C)C1)C1CC[C@]2(C)[C@H]3CC[C@@H]4C5=C(C(C)C)C(=O)C[C@]5(C)CC[C@@]4(C)[C@]3(C)CC[C@H]2C1(C)C. The molecule has 236 valence electrons. The minimum atomic E-state index is -0.128. The summed E-state index contributed by atoms with van der Waals surface area (Å²) in [5.41, 5.74) is 3.66. The molecule has 0 bridgehead atoms. The Labute approximate surface area is 256 Å². The fraction of sp³-hybridized carbons (Fsp3) is 0.892. The Morgan fingerprint density at radius 2 is 1.62 bits per heavy atom. The number of amides is 1. The number of likely N-dealkylation sites (tertiary alicyclic amines) is 1. The summed E-state index contributed by atoms with van der Waals surface area (Å²) >= 11 is 0. The van der Waals surface area contributed by atoms with Crippen LogP contribution in [-0.2, 0) is 9.53 Å². The highest BCUT2D eigenvalue weighted by Gasteiger charge is 2.70. The van der Waals surface area contributed by atoms with E-state index in [0.717, 1.165) is 38.8 Å². The molecule has 2 unspecified atom stereocenters. The van der Waals surface area contributed by atoms with Gasteiger partial charge in [0.15, 0.2) is 5.78 Å². The minimum Gasteiger partial charge on any atom is -0.453 e. The van der Waals surface area contributed by atoms with Crippen LogP contribution in [0.15, 0.2) is 11.1 Å². The number of methoxy groups -OCH3 is 1. The third-order valence-electron chi connectivity index (χ3n) is 15.2. The van der Waals surface area contributed by atoms with Crippen LogP contribution in [0.5, 0.6) is 0 Å². The van der Waals surface area contributed by atoms with E-state index < -0.39 is 0 Å². The van der Waals surface area contributed by atoms with Crippen LogP contribution in [-0.4, -0.2) is 61.0 Å². The Hall–Kier alpha value is -1.36. The lowest BCUT2D eigenvalue weighted by molar-refractivity contribution is -0.222. The molecule has 5 fully saturated rings. The predicted octanol–water partition coefficient (Wildman–Crippen LogP) is 8.13. The van der Waals surface area contributed by atoms with Crippen molar-refractivity contribution < 1.29 is 14.3 Å². The summed E-state index contributed by atoms with van der Waals surface area (Å²) in [7, 11) is 3.74. The van der Waals surface area contributed by atoms with Crippen molar-refractivity contribution in [1.82, 2.24) is 9.80 Å². The number of ketones is 1. The Morgan fingerprint density at radius 1 is 0.905 bits per heavy atom. The largest absolute Gasteiger partial charge is 0.453 e. The summed E-state index contributed by atoms with van der Waals surface area (Å²) in [6.07, 6.45) is 11.3. The molecule has 9 atom stereocenters. The maximum Gasteiger partial charge on any atom is 0.410 e. The van der Waals surface area contributed by atoms with Crippen molar-refractivity contribution in [1.29, 1.82) is 0 Å². The molecule has 5 aliphatic carbocycles. The number of fused-ring (bicyclic) bond motifs is 7. The number of hydrogen-bond donors (Lipinski definition) is 0. The fourth-order valence-electron chi connectivity index (χ4n) is 13.1. The van der Waals surface area contributed by atoms with E-state index in [0.29, 0.717) is 29.5 Å². The van der Waals surface area contributed by atoms with Crippen molar-refractivity contribution in [3.8, 4) is 0 Å². The topological polar surface area (TPSA) is 49.9 Å². The van der Waals surface area contributed by atoms with Crippen molar-refractivity contribution in [3.63, 3.8) is 0 Å². The lowest BCUT2D eigenvalue weighted by atomic mass is 9.33. The first-order valence-electron chi connectivity index (χ1n) is 17.4. The van der Waals surface area contributed by atoms with Gasteiger partial charge in [0.25, 0.3) is 0 Å². The number of carbonyl (C=O) groups is 2. The van der Waals surface area contributed by atoms with Gasteiger partial charge in [-0.05, 0) is 128 Å². The Balaban J connectivity index is 1.35. The number of hydrogen-bond acceptors (Lipinski definition) is 4. The van der Waals surface area contributed by atoms with E-state index in [-0.39, 0.29) is 45.3 Å². The zero-order valence-corrected chi connectivity index (χ0v) is 28.6. The normalized spacial score (nSPS) is 46.6. The zero-order chi connectivity index (χ0) is 30.6. The number of nitrogens with zero attached hydrogens (tertiary/aromatic N) is 2. The van der Waals surface area contributed by atoms with E-state index in [1.54, 1.807) is 12.7 Å². The maximum absolute atomic E-state index is 13.4. The Morgan fingerprint density at radius 3 is 2.24 bits per heavy atom. The van der Waals surface area contributed by atoms with E-state index in [9.17, 15) is 9.59 Å². The number of rotatable bonds is 3. The van der Waals surface area contributed by atoms with Gasteiger partial charge in [0.2, 0.25) is 0 Å². The summed E-state index contributed by atoms with van der Waals surface area (Å²) in [5, 5.41) is 0. The van der Waals surface area contributed by atoms with Gasteiger partial charge in [-0.2, -0.15) is 0 Å². The molecule has 0 aromatic rings. The van der Waals surface area contributed by atoms with Gasteiger partial charge >= 0.3 is 6.09 Å². The third-order valence-corrected chi connectivity index (χ3v) is 15.2. The monoisotopic (exact) mass is 580 g/mol. The van der Waals surface area contributed by atoms with Crippen molar-refractivity contribution in [3.05, 3.63) is 11.1 Å². The maximum atomic E-state index is 13.4. The lowest BCUT2D eigenvalue weighted by Crippen LogP contribution is -2.67. The molecule has 5 heteroatoms. The summed E-state index contributed by atoms with van der Waals surface area (Å²) < 4.78 is 5.46. The van der Waals surface area contributed by atoms with Crippen LogP contribution in [0.2, 0.25) is 0 Å². The summed E-state index contributed by atoms with van der Waals surface area (Å²) in [6, 6.07) is 0.461. The highest BCUT2D eigenvalue weighted by atomic mass is 16.5. The van der Waals surface area contributed by atoms with E-state index in [1.807, 2.05) is 0 Å². The number of allylic oxidation sites excluding steroid dienone is 2. The van der Waals surface area contributed by atoms with Crippen LogP contribution >= 0.6 is 0 Å². The first-order chi connectivity index (χ1) is 19.5. The summed E-state index contributed by atoms with van der Waals surface area (Å²) in [5.74, 6) is 2.57. The lowest BCUT2D eigenvalue weighted by Gasteiger charge is -2.72. The van der Waals surface area contributed by atoms with Gasteiger partial charge in [-0.1, -0.05) is 61.0 Å². The van der Waals surface area contributed by atoms with Crippen LogP contribution in [0, 0.1) is 50.7 Å². The fourth-order valence-corrected chi connectivity index (χ4v) is 13.1. The highest BCUT2D eigenvalue weighted by molar-refractivity contribution is 6.00. The second kappa shape index (κ2) is 9.82. The molecule has 5 nitrogen and oxygen atoms in total. The molecule has 4 saturated carbocycles. The van der Waals surface area contributed by atoms with Crippen LogP contribution in [0.3, 0.4) is 0 Å². The van der Waals surface area contributed by atoms with Gasteiger partial charge in [-0.25, -0.2) is 4.79 Å². The Bertz CT molecular complexity index is 1170. The molecule has 0 aromatic carbocycles. The predicted molar refractivity (Wildman–Crippen MR) is 169 cm³/mol. The standard InChI is InChI=1S/C37H60N2O3/c1-23(2)30-26(40)21-34(5)18-19-36(7)25(31(30)34)11-12-28-35(6)16-14-29(33(3,4)27(35)13-17-37(28,36)8)39(32(41)42-10)24-15-20-38(9)22-24/h23-25,27-29H,11-22H2,1-10H3/t24?,25-,27+,28-,29?,34+,35+,36-,37-/m1/s1. The first kappa shape index (κ1) is 30.7. The molecule has 1 heterocycles.